The maximum absolute atomic E-state index is 12.3. The fourth-order valence-electron chi connectivity index (χ4n) is 3.37. The van der Waals surface area contributed by atoms with Crippen molar-refractivity contribution in [3.63, 3.8) is 0 Å². The summed E-state index contributed by atoms with van der Waals surface area (Å²) >= 11 is 0. The second kappa shape index (κ2) is 8.01. The molecule has 2 N–H and O–H groups in total. The van der Waals surface area contributed by atoms with Crippen LogP contribution in [-0.2, 0) is 24.3 Å². The third-order valence-electron chi connectivity index (χ3n) is 4.55. The van der Waals surface area contributed by atoms with E-state index in [1.807, 2.05) is 30.3 Å². The number of amides is 1. The first kappa shape index (κ1) is 19.2. The SMILES string of the molecule is C[NH+](C)Cc1ccccc1CNC(=O)COc1cccc2c1OC(C)(C)C2. The summed E-state index contributed by atoms with van der Waals surface area (Å²) in [6, 6.07) is 14.0. The predicted molar refractivity (Wildman–Crippen MR) is 105 cm³/mol. The molecule has 0 fully saturated rings. The molecule has 2 aromatic rings. The summed E-state index contributed by atoms with van der Waals surface area (Å²) in [5, 5.41) is 2.95. The normalized spacial score (nSPS) is 14.6. The van der Waals surface area contributed by atoms with E-state index in [2.05, 4.69) is 45.4 Å². The number of quaternary nitrogens is 1. The Labute approximate surface area is 161 Å². The Kier molecular flexibility index (Phi) is 5.71. The Hall–Kier alpha value is -2.53. The second-order valence-electron chi connectivity index (χ2n) is 8.00. The van der Waals surface area contributed by atoms with Gasteiger partial charge >= 0.3 is 0 Å². The molecular formula is C22H29N2O3+. The lowest BCUT2D eigenvalue weighted by Crippen LogP contribution is -3.04. The predicted octanol–water partition coefficient (Wildman–Crippen LogP) is 1.74. The molecule has 2 aromatic carbocycles. The van der Waals surface area contributed by atoms with Crippen molar-refractivity contribution in [1.29, 1.82) is 0 Å². The molecular weight excluding hydrogens is 340 g/mol. The summed E-state index contributed by atoms with van der Waals surface area (Å²) in [6.07, 6.45) is 0.844. The average molecular weight is 369 g/mol. The molecule has 0 saturated carbocycles. The molecule has 0 unspecified atom stereocenters. The van der Waals surface area contributed by atoms with Crippen molar-refractivity contribution in [3.05, 3.63) is 59.2 Å². The molecule has 5 nitrogen and oxygen atoms in total. The molecule has 0 spiro atoms. The topological polar surface area (TPSA) is 52.0 Å². The number of hydrogen-bond acceptors (Lipinski definition) is 3. The van der Waals surface area contributed by atoms with Gasteiger partial charge in [0, 0.05) is 24.1 Å². The molecule has 144 valence electrons. The van der Waals surface area contributed by atoms with Crippen LogP contribution in [-0.4, -0.2) is 32.2 Å². The highest BCUT2D eigenvalue weighted by Gasteiger charge is 2.32. The van der Waals surface area contributed by atoms with Gasteiger partial charge in [-0.25, -0.2) is 0 Å². The van der Waals surface area contributed by atoms with Crippen molar-refractivity contribution in [2.75, 3.05) is 20.7 Å². The highest BCUT2D eigenvalue weighted by Crippen LogP contribution is 2.41. The summed E-state index contributed by atoms with van der Waals surface area (Å²) < 4.78 is 11.7. The van der Waals surface area contributed by atoms with E-state index in [4.69, 9.17) is 9.47 Å². The van der Waals surface area contributed by atoms with Crippen molar-refractivity contribution in [2.45, 2.75) is 39.0 Å². The quantitative estimate of drug-likeness (QED) is 0.782. The number of nitrogens with one attached hydrogen (secondary N) is 2. The minimum Gasteiger partial charge on any atom is -0.483 e. The van der Waals surface area contributed by atoms with E-state index >= 15 is 0 Å². The zero-order chi connectivity index (χ0) is 19.4. The Morgan fingerprint density at radius 1 is 1.15 bits per heavy atom. The molecule has 0 aliphatic carbocycles. The number of rotatable bonds is 7. The van der Waals surface area contributed by atoms with Crippen LogP contribution in [0.1, 0.15) is 30.5 Å². The van der Waals surface area contributed by atoms with E-state index in [0.29, 0.717) is 12.3 Å². The first-order chi connectivity index (χ1) is 12.8. The zero-order valence-electron chi connectivity index (χ0n) is 16.6. The fourth-order valence-corrected chi connectivity index (χ4v) is 3.37. The van der Waals surface area contributed by atoms with Gasteiger partial charge in [-0.15, -0.1) is 0 Å². The summed E-state index contributed by atoms with van der Waals surface area (Å²) in [5.74, 6) is 1.25. The number of hydrogen-bond donors (Lipinski definition) is 2. The highest BCUT2D eigenvalue weighted by atomic mass is 16.5. The van der Waals surface area contributed by atoms with Crippen LogP contribution in [0.25, 0.3) is 0 Å². The Balaban J connectivity index is 1.56. The van der Waals surface area contributed by atoms with Gasteiger partial charge in [-0.1, -0.05) is 36.4 Å². The van der Waals surface area contributed by atoms with E-state index in [1.165, 1.54) is 10.5 Å². The molecule has 0 aromatic heterocycles. The summed E-state index contributed by atoms with van der Waals surface area (Å²) in [7, 11) is 4.23. The first-order valence-corrected chi connectivity index (χ1v) is 9.40. The number of carbonyl (C=O) groups is 1. The largest absolute Gasteiger partial charge is 0.483 e. The number of carbonyl (C=O) groups excluding carboxylic acids is 1. The first-order valence-electron chi connectivity index (χ1n) is 9.40. The zero-order valence-corrected chi connectivity index (χ0v) is 16.6. The third-order valence-corrected chi connectivity index (χ3v) is 4.55. The molecule has 1 aliphatic rings. The second-order valence-corrected chi connectivity index (χ2v) is 8.00. The van der Waals surface area contributed by atoms with Gasteiger partial charge in [0.15, 0.2) is 18.1 Å². The van der Waals surface area contributed by atoms with Crippen LogP contribution in [0, 0.1) is 0 Å². The lowest BCUT2D eigenvalue weighted by atomic mass is 10.0. The van der Waals surface area contributed by atoms with Gasteiger partial charge in [0.25, 0.3) is 5.91 Å². The van der Waals surface area contributed by atoms with Crippen molar-refractivity contribution in [2.24, 2.45) is 0 Å². The van der Waals surface area contributed by atoms with Crippen LogP contribution < -0.4 is 19.7 Å². The van der Waals surface area contributed by atoms with Crippen molar-refractivity contribution >= 4 is 5.91 Å². The van der Waals surface area contributed by atoms with Crippen molar-refractivity contribution in [3.8, 4) is 11.5 Å². The summed E-state index contributed by atoms with van der Waals surface area (Å²) in [5.41, 5.74) is 3.27. The lowest BCUT2D eigenvalue weighted by Gasteiger charge is -2.18. The monoisotopic (exact) mass is 369 g/mol. The molecule has 27 heavy (non-hydrogen) atoms. The molecule has 1 aliphatic heterocycles. The minimum atomic E-state index is -0.234. The molecule has 0 saturated heterocycles. The minimum absolute atomic E-state index is 0.0264. The molecule has 0 atom stereocenters. The molecule has 0 bridgehead atoms. The van der Waals surface area contributed by atoms with Crippen LogP contribution >= 0.6 is 0 Å². The van der Waals surface area contributed by atoms with Gasteiger partial charge in [-0.05, 0) is 25.5 Å². The van der Waals surface area contributed by atoms with Gasteiger partial charge in [0.2, 0.25) is 0 Å². The van der Waals surface area contributed by atoms with Gasteiger partial charge < -0.3 is 19.7 Å². The van der Waals surface area contributed by atoms with E-state index < -0.39 is 0 Å². The highest BCUT2D eigenvalue weighted by molar-refractivity contribution is 5.77. The van der Waals surface area contributed by atoms with E-state index in [1.54, 1.807) is 0 Å². The standard InChI is InChI=1S/C22H28N2O3/c1-22(2)12-16-10-7-11-19(21(16)27-22)26-15-20(25)23-13-17-8-5-6-9-18(17)14-24(3)4/h5-11H,12-15H2,1-4H3,(H,23,25)/p+1. The average Bonchev–Trinajstić information content (AvgIpc) is 2.93. The van der Waals surface area contributed by atoms with Gasteiger partial charge in [0.1, 0.15) is 12.1 Å². The molecule has 1 amide bonds. The van der Waals surface area contributed by atoms with Crippen molar-refractivity contribution < 1.29 is 19.2 Å². The lowest BCUT2D eigenvalue weighted by molar-refractivity contribution is -0.872. The molecule has 5 heteroatoms. The summed E-state index contributed by atoms with van der Waals surface area (Å²) in [4.78, 5) is 13.6. The smallest absolute Gasteiger partial charge is 0.258 e. The van der Waals surface area contributed by atoms with Crippen LogP contribution in [0.3, 0.4) is 0 Å². The van der Waals surface area contributed by atoms with E-state index in [0.717, 1.165) is 29.8 Å². The van der Waals surface area contributed by atoms with Gasteiger partial charge in [-0.3, -0.25) is 4.79 Å². The third kappa shape index (κ3) is 5.01. The van der Waals surface area contributed by atoms with Crippen molar-refractivity contribution in [1.82, 2.24) is 5.32 Å². The number of benzene rings is 2. The van der Waals surface area contributed by atoms with Crippen LogP contribution in [0.2, 0.25) is 0 Å². The Morgan fingerprint density at radius 2 is 1.89 bits per heavy atom. The Bertz CT molecular complexity index is 815. The molecule has 0 radical (unpaired) electrons. The number of ether oxygens (including phenoxy) is 2. The fraction of sp³-hybridized carbons (Fsp3) is 0.409. The van der Waals surface area contributed by atoms with Crippen LogP contribution in [0.5, 0.6) is 11.5 Å². The van der Waals surface area contributed by atoms with Gasteiger partial charge in [-0.2, -0.15) is 0 Å². The number of fused-ring (bicyclic) bond motifs is 1. The van der Waals surface area contributed by atoms with Crippen LogP contribution in [0.4, 0.5) is 0 Å². The molecule has 3 rings (SSSR count). The van der Waals surface area contributed by atoms with E-state index in [9.17, 15) is 4.79 Å². The van der Waals surface area contributed by atoms with E-state index in [-0.39, 0.29) is 18.1 Å². The maximum Gasteiger partial charge on any atom is 0.258 e. The van der Waals surface area contributed by atoms with Crippen LogP contribution in [0.15, 0.2) is 42.5 Å². The Morgan fingerprint density at radius 3 is 2.63 bits per heavy atom. The maximum atomic E-state index is 12.3. The summed E-state index contributed by atoms with van der Waals surface area (Å²) in [6.45, 7) is 5.50. The number of para-hydroxylation sites is 1. The van der Waals surface area contributed by atoms with Gasteiger partial charge in [0.05, 0.1) is 14.1 Å². The molecule has 1 heterocycles.